The number of methoxy groups -OCH3 is 1. The Morgan fingerprint density at radius 2 is 1.88 bits per heavy atom. The van der Waals surface area contributed by atoms with Crippen LogP contribution >= 0.6 is 0 Å². The van der Waals surface area contributed by atoms with Crippen LogP contribution in [0.15, 0.2) is 53.4 Å². The Hall–Kier alpha value is -2.25. The molecule has 140 valence electrons. The molecule has 0 aromatic heterocycles. The number of rotatable bonds is 8. The molecule has 0 radical (unpaired) electrons. The summed E-state index contributed by atoms with van der Waals surface area (Å²) in [5.41, 5.74) is 1.53. The summed E-state index contributed by atoms with van der Waals surface area (Å²) >= 11 is 0. The molecule has 0 aliphatic heterocycles. The highest BCUT2D eigenvalue weighted by molar-refractivity contribution is 7.90. The van der Waals surface area contributed by atoms with Gasteiger partial charge in [0.15, 0.2) is 9.84 Å². The van der Waals surface area contributed by atoms with E-state index in [9.17, 15) is 17.6 Å². The minimum absolute atomic E-state index is 0.157. The van der Waals surface area contributed by atoms with Gasteiger partial charge in [-0.25, -0.2) is 12.8 Å². The summed E-state index contributed by atoms with van der Waals surface area (Å²) in [6.07, 6.45) is 1.48. The molecule has 0 saturated heterocycles. The third-order valence-corrected chi connectivity index (χ3v) is 5.11. The number of ether oxygens (including phenoxy) is 1. The number of halogens is 1. The van der Waals surface area contributed by atoms with Crippen LogP contribution in [-0.2, 0) is 25.8 Å². The zero-order valence-corrected chi connectivity index (χ0v) is 15.6. The van der Waals surface area contributed by atoms with Gasteiger partial charge < -0.3 is 10.1 Å². The SMILES string of the molecule is CO[C@@H](CNC(=O)CCc1ccc(S(C)(=O)=O)cc1)c1cccc(F)c1. The summed E-state index contributed by atoms with van der Waals surface area (Å²) in [4.78, 5) is 12.3. The van der Waals surface area contributed by atoms with Crippen molar-refractivity contribution in [3.05, 3.63) is 65.5 Å². The second-order valence-electron chi connectivity index (χ2n) is 6.00. The number of benzene rings is 2. The van der Waals surface area contributed by atoms with Gasteiger partial charge in [-0.2, -0.15) is 0 Å². The fraction of sp³-hybridized carbons (Fsp3) is 0.316. The van der Waals surface area contributed by atoms with E-state index in [0.717, 1.165) is 11.8 Å². The van der Waals surface area contributed by atoms with Crippen molar-refractivity contribution in [1.82, 2.24) is 5.32 Å². The van der Waals surface area contributed by atoms with Gasteiger partial charge in [0.05, 0.1) is 11.0 Å². The first-order valence-corrected chi connectivity index (χ1v) is 10.0. The molecule has 2 rings (SSSR count). The molecule has 1 amide bonds. The number of carbonyl (C=O) groups is 1. The largest absolute Gasteiger partial charge is 0.375 e. The molecule has 0 spiro atoms. The van der Waals surface area contributed by atoms with Gasteiger partial charge in [0.2, 0.25) is 5.91 Å². The van der Waals surface area contributed by atoms with Gasteiger partial charge in [-0.1, -0.05) is 24.3 Å². The molecule has 2 aromatic carbocycles. The average Bonchev–Trinajstić information content (AvgIpc) is 2.60. The maximum Gasteiger partial charge on any atom is 0.220 e. The van der Waals surface area contributed by atoms with E-state index in [0.29, 0.717) is 12.0 Å². The lowest BCUT2D eigenvalue weighted by atomic mass is 10.1. The Morgan fingerprint density at radius 1 is 1.19 bits per heavy atom. The van der Waals surface area contributed by atoms with E-state index in [1.54, 1.807) is 24.3 Å². The predicted octanol–water partition coefficient (Wildman–Crippen LogP) is 2.67. The van der Waals surface area contributed by atoms with Gasteiger partial charge in [-0.05, 0) is 41.8 Å². The van der Waals surface area contributed by atoms with Crippen molar-refractivity contribution in [1.29, 1.82) is 0 Å². The third-order valence-electron chi connectivity index (χ3n) is 3.98. The number of sulfone groups is 1. The number of nitrogens with one attached hydrogen (secondary N) is 1. The maximum atomic E-state index is 13.3. The molecule has 0 unspecified atom stereocenters. The Kier molecular flexibility index (Phi) is 6.88. The first-order chi connectivity index (χ1) is 12.3. The average molecular weight is 379 g/mol. The summed E-state index contributed by atoms with van der Waals surface area (Å²) in [7, 11) is -1.72. The predicted molar refractivity (Wildman–Crippen MR) is 97.0 cm³/mol. The first kappa shape index (κ1) is 20.1. The molecule has 0 aliphatic rings. The zero-order chi connectivity index (χ0) is 19.2. The number of hydrogen-bond acceptors (Lipinski definition) is 4. The van der Waals surface area contributed by atoms with Crippen LogP contribution in [-0.4, -0.2) is 34.2 Å². The second kappa shape index (κ2) is 8.91. The van der Waals surface area contributed by atoms with Crippen molar-refractivity contribution in [2.75, 3.05) is 19.9 Å². The summed E-state index contributed by atoms with van der Waals surface area (Å²) < 4.78 is 41.5. The molecule has 26 heavy (non-hydrogen) atoms. The lowest BCUT2D eigenvalue weighted by Gasteiger charge is -2.16. The Bertz CT molecular complexity index is 850. The molecular weight excluding hydrogens is 357 g/mol. The van der Waals surface area contributed by atoms with E-state index in [4.69, 9.17) is 4.74 Å². The van der Waals surface area contributed by atoms with Gasteiger partial charge in [0.25, 0.3) is 0 Å². The summed E-state index contributed by atoms with van der Waals surface area (Å²) in [5, 5.41) is 2.78. The van der Waals surface area contributed by atoms with Gasteiger partial charge >= 0.3 is 0 Å². The molecule has 7 heteroatoms. The van der Waals surface area contributed by atoms with Gasteiger partial charge in [0, 0.05) is 26.3 Å². The highest BCUT2D eigenvalue weighted by atomic mass is 32.2. The van der Waals surface area contributed by atoms with E-state index in [1.807, 2.05) is 0 Å². The van der Waals surface area contributed by atoms with E-state index in [-0.39, 0.29) is 29.6 Å². The Morgan fingerprint density at radius 3 is 2.46 bits per heavy atom. The standard InChI is InChI=1S/C19H22FNO4S/c1-25-18(15-4-3-5-16(20)12-15)13-21-19(22)11-8-14-6-9-17(10-7-14)26(2,23)24/h3-7,9-10,12,18H,8,11,13H2,1-2H3,(H,21,22)/t18-/m0/s1. The molecule has 0 bridgehead atoms. The molecule has 0 heterocycles. The normalized spacial score (nSPS) is 12.6. The monoisotopic (exact) mass is 379 g/mol. The quantitative estimate of drug-likeness (QED) is 0.765. The summed E-state index contributed by atoms with van der Waals surface area (Å²) in [5.74, 6) is -0.510. The molecule has 2 aromatic rings. The Balaban J connectivity index is 1.84. The van der Waals surface area contributed by atoms with E-state index in [2.05, 4.69) is 5.32 Å². The fourth-order valence-corrected chi connectivity index (χ4v) is 3.13. The zero-order valence-electron chi connectivity index (χ0n) is 14.7. The molecule has 0 aliphatic carbocycles. The van der Waals surface area contributed by atoms with Gasteiger partial charge in [0.1, 0.15) is 5.82 Å². The van der Waals surface area contributed by atoms with Crippen LogP contribution in [0.1, 0.15) is 23.7 Å². The summed E-state index contributed by atoms with van der Waals surface area (Å²) in [6.45, 7) is 0.242. The number of hydrogen-bond donors (Lipinski definition) is 1. The van der Waals surface area contributed by atoms with Crippen LogP contribution in [0.5, 0.6) is 0 Å². The molecular formula is C19H22FNO4S. The Labute approximate surface area is 153 Å². The smallest absolute Gasteiger partial charge is 0.220 e. The van der Waals surface area contributed by atoms with E-state index in [1.165, 1.54) is 31.4 Å². The van der Waals surface area contributed by atoms with E-state index < -0.39 is 15.9 Å². The first-order valence-electron chi connectivity index (χ1n) is 8.13. The molecule has 0 fully saturated rings. The lowest BCUT2D eigenvalue weighted by Crippen LogP contribution is -2.29. The van der Waals surface area contributed by atoms with E-state index >= 15 is 0 Å². The lowest BCUT2D eigenvalue weighted by molar-refractivity contribution is -0.121. The van der Waals surface area contributed by atoms with Crippen LogP contribution in [0.4, 0.5) is 4.39 Å². The number of amides is 1. The van der Waals surface area contributed by atoms with Gasteiger partial charge in [-0.15, -0.1) is 0 Å². The molecule has 5 nitrogen and oxygen atoms in total. The molecule has 1 atom stereocenters. The third kappa shape index (κ3) is 5.93. The highest BCUT2D eigenvalue weighted by Crippen LogP contribution is 2.17. The number of carbonyl (C=O) groups excluding carboxylic acids is 1. The molecule has 0 saturated carbocycles. The topological polar surface area (TPSA) is 72.5 Å². The van der Waals surface area contributed by atoms with Crippen LogP contribution in [0.25, 0.3) is 0 Å². The van der Waals surface area contributed by atoms with Crippen molar-refractivity contribution in [2.24, 2.45) is 0 Å². The van der Waals surface area contributed by atoms with Gasteiger partial charge in [-0.3, -0.25) is 4.79 Å². The highest BCUT2D eigenvalue weighted by Gasteiger charge is 2.13. The minimum Gasteiger partial charge on any atom is -0.375 e. The minimum atomic E-state index is -3.22. The fourth-order valence-electron chi connectivity index (χ4n) is 2.50. The maximum absolute atomic E-state index is 13.3. The molecule has 1 N–H and O–H groups in total. The van der Waals surface area contributed by atoms with Crippen LogP contribution in [0.3, 0.4) is 0 Å². The second-order valence-corrected chi connectivity index (χ2v) is 8.02. The van der Waals surface area contributed by atoms with Crippen molar-refractivity contribution in [2.45, 2.75) is 23.8 Å². The number of aryl methyl sites for hydroxylation is 1. The van der Waals surface area contributed by atoms with Crippen LogP contribution < -0.4 is 5.32 Å². The summed E-state index contributed by atoms with van der Waals surface area (Å²) in [6, 6.07) is 12.5. The van der Waals surface area contributed by atoms with Crippen molar-refractivity contribution >= 4 is 15.7 Å². The van der Waals surface area contributed by atoms with Crippen molar-refractivity contribution < 1.29 is 22.3 Å². The van der Waals surface area contributed by atoms with Crippen LogP contribution in [0.2, 0.25) is 0 Å². The van der Waals surface area contributed by atoms with Crippen molar-refractivity contribution in [3.8, 4) is 0 Å². The van der Waals surface area contributed by atoms with Crippen LogP contribution in [0, 0.1) is 5.82 Å². The van der Waals surface area contributed by atoms with Crippen molar-refractivity contribution in [3.63, 3.8) is 0 Å².